The molecule has 0 bridgehead atoms. The number of rotatable bonds is 4. The third-order valence-corrected chi connectivity index (χ3v) is 7.10. The Morgan fingerprint density at radius 2 is 1.62 bits per heavy atom. The summed E-state index contributed by atoms with van der Waals surface area (Å²) in [5, 5.41) is 5.00. The lowest BCUT2D eigenvalue weighted by molar-refractivity contribution is 0.565. The third-order valence-electron chi connectivity index (χ3n) is 6.46. The maximum Gasteiger partial charge on any atom is 0.174 e. The van der Waals surface area contributed by atoms with Crippen LogP contribution in [0, 0.1) is 27.7 Å². The highest BCUT2D eigenvalue weighted by Gasteiger charge is 2.42. The van der Waals surface area contributed by atoms with Gasteiger partial charge in [-0.2, -0.15) is 0 Å². The summed E-state index contributed by atoms with van der Waals surface area (Å²) in [6.45, 7) is 8.52. The van der Waals surface area contributed by atoms with Gasteiger partial charge in [-0.05, 0) is 99.1 Å². The van der Waals surface area contributed by atoms with E-state index < -0.39 is 0 Å². The molecule has 1 N–H and O–H groups in total. The summed E-state index contributed by atoms with van der Waals surface area (Å²) in [4.78, 5) is 6.93. The zero-order valence-electron chi connectivity index (χ0n) is 19.7. The van der Waals surface area contributed by atoms with Crippen LogP contribution in [0.15, 0.2) is 72.9 Å². The molecule has 1 fully saturated rings. The van der Waals surface area contributed by atoms with Gasteiger partial charge in [0.05, 0.1) is 28.5 Å². The molecule has 4 aromatic rings. The van der Waals surface area contributed by atoms with Crippen molar-refractivity contribution < 1.29 is 0 Å². The molecule has 1 aliphatic heterocycles. The predicted molar refractivity (Wildman–Crippen MR) is 144 cm³/mol. The van der Waals surface area contributed by atoms with Crippen LogP contribution in [0.2, 0.25) is 5.02 Å². The standard InChI is InChI=1S/C28H27ClN4S/c1-17-13-18(2)15-21(14-17)33-27(26(31-28(33)34)24-10-7-8-12-30-24)22-16-19(3)32(20(22)4)25-11-6-5-9-23(25)29/h5-16,26-27H,1-4H3,(H,31,34). The van der Waals surface area contributed by atoms with Gasteiger partial charge < -0.3 is 14.8 Å². The normalized spacial score (nSPS) is 17.8. The van der Waals surface area contributed by atoms with Gasteiger partial charge in [0.2, 0.25) is 0 Å². The van der Waals surface area contributed by atoms with Crippen LogP contribution in [0.4, 0.5) is 5.69 Å². The number of anilines is 1. The lowest BCUT2D eigenvalue weighted by Gasteiger charge is -2.29. The SMILES string of the molecule is Cc1cc(C)cc(N2C(=S)NC(c3ccccn3)C2c2cc(C)n(-c3ccccc3Cl)c2C)c1. The lowest BCUT2D eigenvalue weighted by Crippen LogP contribution is -2.29. The Bertz CT molecular complexity index is 1360. The molecule has 0 amide bonds. The summed E-state index contributed by atoms with van der Waals surface area (Å²) in [7, 11) is 0. The van der Waals surface area contributed by atoms with Crippen molar-refractivity contribution in [3.8, 4) is 5.69 Å². The maximum absolute atomic E-state index is 6.60. The van der Waals surface area contributed by atoms with E-state index in [2.05, 4.69) is 83.9 Å². The van der Waals surface area contributed by atoms with Crippen molar-refractivity contribution >= 4 is 34.6 Å². The van der Waals surface area contributed by atoms with E-state index in [4.69, 9.17) is 23.8 Å². The van der Waals surface area contributed by atoms with E-state index >= 15 is 0 Å². The number of benzene rings is 2. The monoisotopic (exact) mass is 486 g/mol. The molecule has 3 heterocycles. The molecule has 0 aliphatic carbocycles. The topological polar surface area (TPSA) is 33.1 Å². The van der Waals surface area contributed by atoms with Gasteiger partial charge in [0, 0.05) is 23.3 Å². The number of pyridine rings is 1. The van der Waals surface area contributed by atoms with Crippen LogP contribution < -0.4 is 10.2 Å². The highest BCUT2D eigenvalue weighted by atomic mass is 35.5. The fraction of sp³-hybridized carbons (Fsp3) is 0.214. The lowest BCUT2D eigenvalue weighted by atomic mass is 9.96. The van der Waals surface area contributed by atoms with E-state index in [9.17, 15) is 0 Å². The second-order valence-electron chi connectivity index (χ2n) is 8.96. The van der Waals surface area contributed by atoms with Gasteiger partial charge in [0.1, 0.15) is 0 Å². The molecular formula is C28H27ClN4S. The van der Waals surface area contributed by atoms with Crippen molar-refractivity contribution in [3.05, 3.63) is 112 Å². The van der Waals surface area contributed by atoms with Crippen molar-refractivity contribution in [1.29, 1.82) is 0 Å². The molecule has 2 aromatic carbocycles. The van der Waals surface area contributed by atoms with Gasteiger partial charge >= 0.3 is 0 Å². The van der Waals surface area contributed by atoms with Crippen LogP contribution in [0.5, 0.6) is 0 Å². The Balaban J connectivity index is 1.71. The van der Waals surface area contributed by atoms with Crippen LogP contribution >= 0.6 is 23.8 Å². The first-order valence-electron chi connectivity index (χ1n) is 11.4. The highest BCUT2D eigenvalue weighted by Crippen LogP contribution is 2.44. The smallest absolute Gasteiger partial charge is 0.174 e. The van der Waals surface area contributed by atoms with Gasteiger partial charge in [0.25, 0.3) is 0 Å². The average Bonchev–Trinajstić information content (AvgIpc) is 3.29. The fourth-order valence-corrected chi connectivity index (χ4v) is 5.70. The summed E-state index contributed by atoms with van der Waals surface area (Å²) in [6, 6.07) is 22.7. The Morgan fingerprint density at radius 3 is 2.29 bits per heavy atom. The number of hydrogen-bond acceptors (Lipinski definition) is 2. The van der Waals surface area contributed by atoms with Crippen LogP contribution in [0.3, 0.4) is 0 Å². The van der Waals surface area contributed by atoms with E-state index in [1.54, 1.807) is 0 Å². The molecule has 1 saturated heterocycles. The van der Waals surface area contributed by atoms with Crippen LogP contribution in [0.25, 0.3) is 5.69 Å². The van der Waals surface area contributed by atoms with Crippen molar-refractivity contribution in [2.45, 2.75) is 39.8 Å². The molecular weight excluding hydrogens is 460 g/mol. The molecule has 2 unspecified atom stereocenters. The Morgan fingerprint density at radius 1 is 0.912 bits per heavy atom. The van der Waals surface area contributed by atoms with Gasteiger partial charge in [-0.3, -0.25) is 4.98 Å². The van der Waals surface area contributed by atoms with E-state index in [0.717, 1.165) is 33.5 Å². The molecule has 4 nitrogen and oxygen atoms in total. The molecule has 2 aromatic heterocycles. The highest BCUT2D eigenvalue weighted by molar-refractivity contribution is 7.80. The van der Waals surface area contributed by atoms with E-state index in [1.807, 2.05) is 36.5 Å². The van der Waals surface area contributed by atoms with Crippen LogP contribution in [-0.2, 0) is 0 Å². The van der Waals surface area contributed by atoms with Gasteiger partial charge in [-0.15, -0.1) is 0 Å². The van der Waals surface area contributed by atoms with Crippen LogP contribution in [-0.4, -0.2) is 14.7 Å². The second kappa shape index (κ2) is 8.90. The quantitative estimate of drug-likeness (QED) is 0.317. The average molecular weight is 487 g/mol. The summed E-state index contributed by atoms with van der Waals surface area (Å²) in [5.41, 5.74) is 8.89. The number of aromatic nitrogens is 2. The summed E-state index contributed by atoms with van der Waals surface area (Å²) >= 11 is 12.5. The first kappa shape index (κ1) is 22.6. The fourth-order valence-electron chi connectivity index (χ4n) is 5.13. The number of para-hydroxylation sites is 1. The largest absolute Gasteiger partial charge is 0.351 e. The van der Waals surface area contributed by atoms with E-state index in [-0.39, 0.29) is 12.1 Å². The first-order valence-corrected chi connectivity index (χ1v) is 12.2. The van der Waals surface area contributed by atoms with Crippen molar-refractivity contribution in [1.82, 2.24) is 14.9 Å². The zero-order valence-corrected chi connectivity index (χ0v) is 21.3. The molecule has 172 valence electrons. The number of thiocarbonyl (C=S) groups is 1. The predicted octanol–water partition coefficient (Wildman–Crippen LogP) is 6.94. The minimum Gasteiger partial charge on any atom is -0.351 e. The van der Waals surface area contributed by atoms with Crippen molar-refractivity contribution in [2.75, 3.05) is 4.90 Å². The van der Waals surface area contributed by atoms with Gasteiger partial charge in [-0.1, -0.05) is 35.9 Å². The molecule has 2 atom stereocenters. The number of nitrogens with zero attached hydrogens (tertiary/aromatic N) is 3. The minimum absolute atomic E-state index is 0.0639. The summed E-state index contributed by atoms with van der Waals surface area (Å²) in [6.07, 6.45) is 1.84. The Labute approximate surface area is 211 Å². The minimum atomic E-state index is -0.0882. The summed E-state index contributed by atoms with van der Waals surface area (Å²) in [5.74, 6) is 0. The van der Waals surface area contributed by atoms with Crippen LogP contribution in [0.1, 0.15) is 45.9 Å². The molecule has 0 radical (unpaired) electrons. The molecule has 5 rings (SSSR count). The number of nitrogens with one attached hydrogen (secondary N) is 1. The third kappa shape index (κ3) is 3.89. The second-order valence-corrected chi connectivity index (χ2v) is 9.75. The maximum atomic E-state index is 6.60. The number of hydrogen-bond donors (Lipinski definition) is 1. The zero-order chi connectivity index (χ0) is 24.0. The summed E-state index contributed by atoms with van der Waals surface area (Å²) < 4.78 is 2.23. The number of aryl methyl sites for hydroxylation is 3. The molecule has 6 heteroatoms. The van der Waals surface area contributed by atoms with E-state index in [0.29, 0.717) is 5.11 Å². The van der Waals surface area contributed by atoms with Crippen molar-refractivity contribution in [3.63, 3.8) is 0 Å². The van der Waals surface area contributed by atoms with Gasteiger partial charge in [0.15, 0.2) is 5.11 Å². The van der Waals surface area contributed by atoms with E-state index in [1.165, 1.54) is 16.7 Å². The van der Waals surface area contributed by atoms with Crippen molar-refractivity contribution in [2.24, 2.45) is 0 Å². The van der Waals surface area contributed by atoms with Gasteiger partial charge in [-0.25, -0.2) is 0 Å². The molecule has 0 spiro atoms. The molecule has 1 aliphatic rings. The molecule has 34 heavy (non-hydrogen) atoms. The molecule has 0 saturated carbocycles. The Hall–Kier alpha value is -3.15. The number of halogens is 1. The first-order chi connectivity index (χ1) is 16.3. The Kier molecular flexibility index (Phi) is 5.92.